The molecule has 2 heterocycles. The highest BCUT2D eigenvalue weighted by Crippen LogP contribution is 2.31. The van der Waals surface area contributed by atoms with Crippen LogP contribution in [-0.4, -0.2) is 36.4 Å². The zero-order chi connectivity index (χ0) is 56.4. The van der Waals surface area contributed by atoms with Gasteiger partial charge in [0.05, 0.1) is 37.8 Å². The summed E-state index contributed by atoms with van der Waals surface area (Å²) in [6, 6.07) is 20.2. The number of aromatic nitrogens is 2. The van der Waals surface area contributed by atoms with Gasteiger partial charge in [0.2, 0.25) is 0 Å². The van der Waals surface area contributed by atoms with E-state index in [2.05, 4.69) is 51.4 Å². The highest BCUT2D eigenvalue weighted by Gasteiger charge is 2.10. The van der Waals surface area contributed by atoms with Gasteiger partial charge in [-0.15, -0.1) is 0 Å². The molecule has 0 saturated heterocycles. The standard InChI is InChI=1S/C74H112N2O4/c1-5-9-13-17-21-25-29-33-37-41-57-77-71-55-51-65(61-73(71)79-59-43-39-35-31-27-23-19-15-11-7-3)45-47-67-49-53-69(75-63-67)70-54-50-68(64-76-70)48-46-66-52-56-72(78-58-42-38-34-30-26-22-18-14-10-6-2)74(62-66)80-60-44-40-36-32-28-24-20-16-12-8-4/h49-56,61-64H,5-44,57-60H2,1-4H3. The Bertz CT molecular complexity index is 2070. The molecule has 6 heteroatoms. The maximum absolute atomic E-state index is 6.41. The second kappa shape index (κ2) is 47.7. The van der Waals surface area contributed by atoms with E-state index in [0.29, 0.717) is 26.4 Å². The Labute approximate surface area is 490 Å². The van der Waals surface area contributed by atoms with Gasteiger partial charge < -0.3 is 18.9 Å². The third-order valence-electron chi connectivity index (χ3n) is 15.4. The Hall–Kier alpha value is -4.94. The number of hydrogen-bond acceptors (Lipinski definition) is 6. The van der Waals surface area contributed by atoms with Crippen LogP contribution in [0.2, 0.25) is 0 Å². The highest BCUT2D eigenvalue weighted by atomic mass is 16.5. The van der Waals surface area contributed by atoms with Crippen molar-refractivity contribution in [2.45, 2.75) is 285 Å². The van der Waals surface area contributed by atoms with Crippen molar-refractivity contribution in [3.8, 4) is 58.1 Å². The molecule has 0 fully saturated rings. The van der Waals surface area contributed by atoms with Gasteiger partial charge in [-0.25, -0.2) is 0 Å². The summed E-state index contributed by atoms with van der Waals surface area (Å²) in [5.41, 5.74) is 5.06. The first-order chi connectivity index (χ1) is 39.6. The van der Waals surface area contributed by atoms with E-state index in [1.165, 1.54) is 231 Å². The fourth-order valence-corrected chi connectivity index (χ4v) is 10.2. The zero-order valence-corrected chi connectivity index (χ0v) is 51.6. The number of ether oxygens (including phenoxy) is 4. The van der Waals surface area contributed by atoms with E-state index >= 15 is 0 Å². The van der Waals surface area contributed by atoms with E-state index in [4.69, 9.17) is 28.9 Å². The van der Waals surface area contributed by atoms with Crippen LogP contribution in [-0.2, 0) is 0 Å². The van der Waals surface area contributed by atoms with Crippen LogP contribution in [0.4, 0.5) is 0 Å². The van der Waals surface area contributed by atoms with Gasteiger partial charge in [-0.3, -0.25) is 9.97 Å². The summed E-state index contributed by atoms with van der Waals surface area (Å²) in [6.07, 6.45) is 55.8. The fourth-order valence-electron chi connectivity index (χ4n) is 10.2. The van der Waals surface area contributed by atoms with Crippen molar-refractivity contribution in [2.24, 2.45) is 0 Å². The van der Waals surface area contributed by atoms with Gasteiger partial charge in [-0.1, -0.05) is 283 Å². The molecule has 4 aromatic rings. The van der Waals surface area contributed by atoms with Crippen molar-refractivity contribution >= 4 is 0 Å². The van der Waals surface area contributed by atoms with Gasteiger partial charge in [0.15, 0.2) is 23.0 Å². The molecule has 0 unspecified atom stereocenters. The molecule has 442 valence electrons. The summed E-state index contributed by atoms with van der Waals surface area (Å²) in [4.78, 5) is 9.50. The van der Waals surface area contributed by atoms with Crippen LogP contribution in [0.1, 0.15) is 307 Å². The number of benzene rings is 2. The van der Waals surface area contributed by atoms with Gasteiger partial charge in [0, 0.05) is 34.6 Å². The Balaban J connectivity index is 1.30. The summed E-state index contributed by atoms with van der Waals surface area (Å²) in [6.45, 7) is 11.9. The van der Waals surface area contributed by atoms with Crippen molar-refractivity contribution in [2.75, 3.05) is 26.4 Å². The fraction of sp³-hybridized carbons (Fsp3) is 0.649. The van der Waals surface area contributed by atoms with Crippen LogP contribution in [0.25, 0.3) is 11.4 Å². The Morgan fingerprint density at radius 2 is 0.475 bits per heavy atom. The van der Waals surface area contributed by atoms with Crippen molar-refractivity contribution < 1.29 is 18.9 Å². The maximum atomic E-state index is 6.41. The summed E-state index contributed by atoms with van der Waals surface area (Å²) in [5, 5.41) is 0. The smallest absolute Gasteiger partial charge is 0.162 e. The quantitative estimate of drug-likeness (QED) is 0.0324. The molecule has 80 heavy (non-hydrogen) atoms. The monoisotopic (exact) mass is 1090 g/mol. The third kappa shape index (κ3) is 33.1. The third-order valence-corrected chi connectivity index (χ3v) is 15.4. The molecule has 2 aromatic carbocycles. The number of rotatable bonds is 49. The van der Waals surface area contributed by atoms with Crippen molar-refractivity contribution in [1.29, 1.82) is 0 Å². The summed E-state index contributed by atoms with van der Waals surface area (Å²) in [7, 11) is 0. The van der Waals surface area contributed by atoms with Gasteiger partial charge in [-0.2, -0.15) is 0 Å². The molecular weight excluding hydrogens is 981 g/mol. The van der Waals surface area contributed by atoms with Crippen LogP contribution in [0, 0.1) is 23.7 Å². The predicted octanol–water partition coefficient (Wildman–Crippen LogP) is 22.1. The summed E-state index contributed by atoms with van der Waals surface area (Å²) >= 11 is 0. The van der Waals surface area contributed by atoms with E-state index in [9.17, 15) is 0 Å². The molecular formula is C74H112N2O4. The normalized spacial score (nSPS) is 11.0. The Morgan fingerprint density at radius 3 is 0.725 bits per heavy atom. The molecule has 6 nitrogen and oxygen atoms in total. The highest BCUT2D eigenvalue weighted by molar-refractivity contribution is 5.57. The van der Waals surface area contributed by atoms with Crippen LogP contribution in [0.3, 0.4) is 0 Å². The minimum Gasteiger partial charge on any atom is -0.490 e. The van der Waals surface area contributed by atoms with Crippen LogP contribution >= 0.6 is 0 Å². The zero-order valence-electron chi connectivity index (χ0n) is 51.6. The SMILES string of the molecule is CCCCCCCCCCCCOc1ccc(C#Cc2ccc(-c3ccc(C#Cc4ccc(OCCCCCCCCCCCC)c(OCCCCCCCCCCCC)c4)cn3)nc2)cc1OCCCCCCCCCCCC. The lowest BCUT2D eigenvalue weighted by atomic mass is 10.1. The first-order valence-electron chi connectivity index (χ1n) is 33.4. The van der Waals surface area contributed by atoms with Gasteiger partial charge in [-0.05, 0) is 86.3 Å². The molecule has 0 aliphatic carbocycles. The number of unbranched alkanes of at least 4 members (excludes halogenated alkanes) is 36. The topological polar surface area (TPSA) is 62.7 Å². The molecule has 4 rings (SSSR count). The van der Waals surface area contributed by atoms with Crippen LogP contribution < -0.4 is 18.9 Å². The van der Waals surface area contributed by atoms with Crippen LogP contribution in [0.5, 0.6) is 23.0 Å². The van der Waals surface area contributed by atoms with E-state index < -0.39 is 0 Å². The molecule has 0 aliphatic heterocycles. The lowest BCUT2D eigenvalue weighted by Crippen LogP contribution is -2.03. The van der Waals surface area contributed by atoms with Crippen molar-refractivity contribution in [3.63, 3.8) is 0 Å². The number of nitrogens with zero attached hydrogens (tertiary/aromatic N) is 2. The van der Waals surface area contributed by atoms with Gasteiger partial charge >= 0.3 is 0 Å². The molecule has 0 amide bonds. The van der Waals surface area contributed by atoms with E-state index in [-0.39, 0.29) is 0 Å². The average Bonchev–Trinajstić information content (AvgIpc) is 3.49. The molecule has 0 aliphatic rings. The molecule has 0 radical (unpaired) electrons. The van der Waals surface area contributed by atoms with Crippen molar-refractivity contribution in [3.05, 3.63) is 95.3 Å². The van der Waals surface area contributed by atoms with Crippen LogP contribution in [0.15, 0.2) is 73.1 Å². The number of hydrogen-bond donors (Lipinski definition) is 0. The Morgan fingerprint density at radius 1 is 0.250 bits per heavy atom. The molecule has 0 saturated carbocycles. The van der Waals surface area contributed by atoms with Gasteiger partial charge in [0.1, 0.15) is 0 Å². The second-order valence-electron chi connectivity index (χ2n) is 22.8. The number of pyridine rings is 2. The molecule has 0 N–H and O–H groups in total. The van der Waals surface area contributed by atoms with E-state index in [1.807, 2.05) is 73.1 Å². The Kier molecular flexibility index (Phi) is 40.3. The maximum Gasteiger partial charge on any atom is 0.162 e. The van der Waals surface area contributed by atoms with Gasteiger partial charge in [0.25, 0.3) is 0 Å². The van der Waals surface area contributed by atoms with Crippen molar-refractivity contribution in [1.82, 2.24) is 9.97 Å². The first-order valence-corrected chi connectivity index (χ1v) is 33.4. The summed E-state index contributed by atoms with van der Waals surface area (Å²) < 4.78 is 25.5. The van der Waals surface area contributed by atoms with E-state index in [1.54, 1.807) is 0 Å². The predicted molar refractivity (Wildman–Crippen MR) is 342 cm³/mol. The average molecular weight is 1090 g/mol. The minimum absolute atomic E-state index is 0.688. The second-order valence-corrected chi connectivity index (χ2v) is 22.8. The summed E-state index contributed by atoms with van der Waals surface area (Å²) in [5.74, 6) is 16.6. The molecule has 0 spiro atoms. The van der Waals surface area contributed by atoms with E-state index in [0.717, 1.165) is 82.3 Å². The molecule has 2 aromatic heterocycles. The lowest BCUT2D eigenvalue weighted by Gasteiger charge is -2.13. The molecule has 0 bridgehead atoms. The minimum atomic E-state index is 0.688. The largest absolute Gasteiger partial charge is 0.490 e. The molecule has 0 atom stereocenters. The lowest BCUT2D eigenvalue weighted by molar-refractivity contribution is 0.258. The first kappa shape index (κ1) is 67.6.